The van der Waals surface area contributed by atoms with Crippen molar-refractivity contribution in [3.8, 4) is 0 Å². The van der Waals surface area contributed by atoms with E-state index in [2.05, 4.69) is 0 Å². The van der Waals surface area contributed by atoms with Crippen molar-refractivity contribution in [2.45, 2.75) is 0 Å². The summed E-state index contributed by atoms with van der Waals surface area (Å²) in [5.41, 5.74) is 0. The zero-order chi connectivity index (χ0) is 0. The largest absolute Gasteiger partial charge is 0.412 e. The Hall–Kier alpha value is 2.35. The first kappa shape index (κ1) is 32.9. The van der Waals surface area contributed by atoms with Crippen molar-refractivity contribution in [2.75, 3.05) is 0 Å². The van der Waals surface area contributed by atoms with E-state index in [0.29, 0.717) is 0 Å². The van der Waals surface area contributed by atoms with Crippen molar-refractivity contribution in [2.24, 2.45) is 0 Å². The van der Waals surface area contributed by atoms with Gasteiger partial charge in [0.15, 0.2) is 0 Å². The molecule has 0 spiro atoms. The Kier molecular flexibility index (Phi) is 151. The van der Waals surface area contributed by atoms with Crippen LogP contribution < -0.4 is 0 Å². The minimum Gasteiger partial charge on any atom is -0.412 e. The first-order valence-corrected chi connectivity index (χ1v) is 0. The molecule has 0 aliphatic carbocycles. The van der Waals surface area contributed by atoms with Gasteiger partial charge in [-0.2, -0.15) is 0 Å². The SMILES string of the molecule is O.[Bi].[Bi].[Zn]. The van der Waals surface area contributed by atoms with Crippen LogP contribution in [-0.2, 0) is 19.5 Å². The van der Waals surface area contributed by atoms with E-state index in [1.807, 2.05) is 0 Å². The topological polar surface area (TPSA) is 31.5 Å². The molecule has 0 aliphatic heterocycles. The van der Waals surface area contributed by atoms with Gasteiger partial charge in [0.1, 0.15) is 0 Å². The van der Waals surface area contributed by atoms with Crippen LogP contribution in [0, 0.1) is 0 Å². The summed E-state index contributed by atoms with van der Waals surface area (Å²) in [5.74, 6) is 0. The van der Waals surface area contributed by atoms with Crippen LogP contribution in [0.2, 0.25) is 0 Å². The second-order valence-electron chi connectivity index (χ2n) is 0. The average molecular weight is 501 g/mol. The zero-order valence-electron chi connectivity index (χ0n) is 2.10. The Balaban J connectivity index is 0. The molecular weight excluding hydrogens is 499 g/mol. The third kappa shape index (κ3) is 8.84. The van der Waals surface area contributed by atoms with E-state index in [-0.39, 0.29) is 77.4 Å². The number of hydrogen-bond acceptors (Lipinski definition) is 0. The van der Waals surface area contributed by atoms with Crippen LogP contribution in [0.1, 0.15) is 0 Å². The second kappa shape index (κ2) is 18.3. The number of rotatable bonds is 0. The summed E-state index contributed by atoms with van der Waals surface area (Å²) in [6.45, 7) is 0. The maximum atomic E-state index is 0. The molecule has 4 heteroatoms. The molecule has 0 aromatic rings. The van der Waals surface area contributed by atoms with Crippen LogP contribution in [-0.4, -0.2) is 57.9 Å². The quantitative estimate of drug-likeness (QED) is 0.359. The average Bonchev–Trinajstić information content (AvgIpc) is 0. The fourth-order valence-electron chi connectivity index (χ4n) is 0. The van der Waals surface area contributed by atoms with Crippen molar-refractivity contribution in [1.82, 2.24) is 0 Å². The molecule has 0 heterocycles. The molecule has 0 amide bonds. The molecule has 0 unspecified atom stereocenters. The molecule has 0 aromatic heterocycles. The van der Waals surface area contributed by atoms with Gasteiger partial charge in [-0.1, -0.05) is 0 Å². The monoisotopic (exact) mass is 500 g/mol. The summed E-state index contributed by atoms with van der Waals surface area (Å²) in [6.07, 6.45) is 0. The van der Waals surface area contributed by atoms with Gasteiger partial charge in [0, 0.05) is 71.9 Å². The van der Waals surface area contributed by atoms with E-state index in [4.69, 9.17) is 0 Å². The summed E-state index contributed by atoms with van der Waals surface area (Å²) in [7, 11) is 0. The molecule has 4 heavy (non-hydrogen) atoms. The molecule has 0 saturated carbocycles. The van der Waals surface area contributed by atoms with Crippen LogP contribution in [0.3, 0.4) is 0 Å². The first-order chi connectivity index (χ1) is 0. The van der Waals surface area contributed by atoms with Gasteiger partial charge in [0.25, 0.3) is 0 Å². The molecule has 6 radical (unpaired) electrons. The summed E-state index contributed by atoms with van der Waals surface area (Å²) in [6, 6.07) is 0. The van der Waals surface area contributed by atoms with E-state index in [1.54, 1.807) is 0 Å². The van der Waals surface area contributed by atoms with Crippen molar-refractivity contribution in [1.29, 1.82) is 0 Å². The molecule has 0 rings (SSSR count). The van der Waals surface area contributed by atoms with E-state index in [1.165, 1.54) is 0 Å². The molecule has 20 valence electrons. The van der Waals surface area contributed by atoms with E-state index in [9.17, 15) is 0 Å². The molecule has 0 saturated heterocycles. The Bertz CT molecular complexity index is 6.00. The van der Waals surface area contributed by atoms with Crippen molar-refractivity contribution >= 4 is 52.4 Å². The first-order valence-electron chi connectivity index (χ1n) is 0. The Labute approximate surface area is 76.2 Å². The van der Waals surface area contributed by atoms with E-state index < -0.39 is 0 Å². The van der Waals surface area contributed by atoms with Crippen LogP contribution in [0.5, 0.6) is 0 Å². The minimum absolute atomic E-state index is 0. The predicted molar refractivity (Wildman–Crippen MR) is 15.1 cm³/mol. The van der Waals surface area contributed by atoms with Gasteiger partial charge in [0.05, 0.1) is 0 Å². The van der Waals surface area contributed by atoms with Crippen molar-refractivity contribution < 1.29 is 25.0 Å². The maximum absolute atomic E-state index is 0. The zero-order valence-corrected chi connectivity index (χ0v) is 12.0. The van der Waals surface area contributed by atoms with E-state index in [0.717, 1.165) is 0 Å². The second-order valence-corrected chi connectivity index (χ2v) is 0. The van der Waals surface area contributed by atoms with Crippen molar-refractivity contribution in [3.63, 3.8) is 0 Å². The number of hydrogen-bond donors (Lipinski definition) is 0. The normalized spacial score (nSPS) is 0. The van der Waals surface area contributed by atoms with Crippen LogP contribution in [0.15, 0.2) is 0 Å². The molecule has 0 aromatic carbocycles. The summed E-state index contributed by atoms with van der Waals surface area (Å²) >= 11 is 0. The van der Waals surface area contributed by atoms with Gasteiger partial charge in [-0.05, 0) is 0 Å². The Morgan fingerprint density at radius 2 is 0.750 bits per heavy atom. The maximum Gasteiger partial charge on any atom is 0 e. The molecule has 0 fully saturated rings. The molecule has 0 aliphatic rings. The predicted octanol–water partition coefficient (Wildman–Crippen LogP) is -1.59. The third-order valence-corrected chi connectivity index (χ3v) is 0. The summed E-state index contributed by atoms with van der Waals surface area (Å²) in [5, 5.41) is 0. The Morgan fingerprint density at radius 1 is 0.750 bits per heavy atom. The fraction of sp³-hybridized carbons (Fsp3) is 0. The van der Waals surface area contributed by atoms with Crippen LogP contribution in [0.25, 0.3) is 0 Å². The van der Waals surface area contributed by atoms with Crippen LogP contribution in [0.4, 0.5) is 0 Å². The van der Waals surface area contributed by atoms with Crippen LogP contribution >= 0.6 is 0 Å². The summed E-state index contributed by atoms with van der Waals surface area (Å²) in [4.78, 5) is 0. The van der Waals surface area contributed by atoms with Gasteiger partial charge in [-0.15, -0.1) is 0 Å². The molecular formula is H2Bi2OZn. The molecule has 1 nitrogen and oxygen atoms in total. The fourth-order valence-corrected chi connectivity index (χ4v) is 0. The summed E-state index contributed by atoms with van der Waals surface area (Å²) < 4.78 is 0. The molecule has 0 atom stereocenters. The smallest absolute Gasteiger partial charge is 0 e. The van der Waals surface area contributed by atoms with Crippen molar-refractivity contribution in [3.05, 3.63) is 0 Å². The molecule has 0 bridgehead atoms. The van der Waals surface area contributed by atoms with Gasteiger partial charge < -0.3 is 5.48 Å². The van der Waals surface area contributed by atoms with Gasteiger partial charge >= 0.3 is 0 Å². The third-order valence-electron chi connectivity index (χ3n) is 0. The minimum atomic E-state index is 0. The van der Waals surface area contributed by atoms with Gasteiger partial charge in [-0.3, -0.25) is 0 Å². The molecule has 2 N–H and O–H groups in total. The van der Waals surface area contributed by atoms with E-state index >= 15 is 0 Å². The van der Waals surface area contributed by atoms with Gasteiger partial charge in [0.2, 0.25) is 0 Å². The van der Waals surface area contributed by atoms with Gasteiger partial charge in [-0.25, -0.2) is 0 Å². The Morgan fingerprint density at radius 3 is 0.750 bits per heavy atom. The standard InChI is InChI=1S/2Bi.H2O.Zn/h;;1H2;.